The maximum atomic E-state index is 6.10. The van der Waals surface area contributed by atoms with Gasteiger partial charge in [-0.3, -0.25) is 4.90 Å². The van der Waals surface area contributed by atoms with Gasteiger partial charge in [-0.05, 0) is 43.2 Å². The van der Waals surface area contributed by atoms with Gasteiger partial charge in [-0.2, -0.15) is 0 Å². The topological polar surface area (TPSA) is 29.3 Å². The molecule has 2 nitrogen and oxygen atoms in total. The summed E-state index contributed by atoms with van der Waals surface area (Å²) in [6, 6.07) is 8.83. The van der Waals surface area contributed by atoms with Crippen molar-refractivity contribution >= 4 is 0 Å². The van der Waals surface area contributed by atoms with E-state index in [2.05, 4.69) is 49.9 Å². The molecule has 2 rings (SSSR count). The van der Waals surface area contributed by atoms with Crippen LogP contribution >= 0.6 is 0 Å². The van der Waals surface area contributed by atoms with E-state index in [0.717, 1.165) is 32.0 Å². The van der Waals surface area contributed by atoms with Gasteiger partial charge in [-0.25, -0.2) is 0 Å². The largest absolute Gasteiger partial charge is 0.329 e. The minimum Gasteiger partial charge on any atom is -0.329 e. The molecule has 106 valence electrons. The Labute approximate surface area is 118 Å². The molecule has 1 atom stereocenters. The molecule has 1 aliphatic rings. The van der Waals surface area contributed by atoms with Gasteiger partial charge in [0.15, 0.2) is 0 Å². The van der Waals surface area contributed by atoms with Crippen molar-refractivity contribution in [3.63, 3.8) is 0 Å². The van der Waals surface area contributed by atoms with Crippen LogP contribution in [0.25, 0.3) is 0 Å². The minimum absolute atomic E-state index is 0.151. The Bertz CT molecular complexity index is 413. The second-order valence-corrected chi connectivity index (χ2v) is 6.57. The summed E-state index contributed by atoms with van der Waals surface area (Å²) in [6.45, 7) is 9.88. The summed E-state index contributed by atoms with van der Waals surface area (Å²) in [5.74, 6) is 0.753. The van der Waals surface area contributed by atoms with Crippen molar-refractivity contribution in [3.8, 4) is 0 Å². The van der Waals surface area contributed by atoms with Gasteiger partial charge in [-0.1, -0.05) is 38.1 Å². The molecular formula is C17H28N2. The van der Waals surface area contributed by atoms with Crippen LogP contribution in [0.2, 0.25) is 0 Å². The molecule has 0 radical (unpaired) electrons. The van der Waals surface area contributed by atoms with Crippen LogP contribution in [-0.4, -0.2) is 23.5 Å². The molecular weight excluding hydrogens is 232 g/mol. The first-order valence-corrected chi connectivity index (χ1v) is 7.57. The van der Waals surface area contributed by atoms with Crippen LogP contribution in [0.3, 0.4) is 0 Å². The minimum atomic E-state index is 0.151. The lowest BCUT2D eigenvalue weighted by atomic mass is 9.87. The van der Waals surface area contributed by atoms with Crippen LogP contribution in [0.4, 0.5) is 0 Å². The third-order valence-corrected chi connectivity index (χ3v) is 4.59. The van der Waals surface area contributed by atoms with Crippen molar-refractivity contribution in [2.24, 2.45) is 11.7 Å². The van der Waals surface area contributed by atoms with E-state index in [-0.39, 0.29) is 5.54 Å². The second kappa shape index (κ2) is 6.06. The van der Waals surface area contributed by atoms with Gasteiger partial charge in [-0.15, -0.1) is 0 Å². The molecule has 1 aliphatic heterocycles. The molecule has 0 saturated carbocycles. The number of benzene rings is 1. The van der Waals surface area contributed by atoms with Gasteiger partial charge >= 0.3 is 0 Å². The number of hydrogen-bond donors (Lipinski definition) is 1. The lowest BCUT2D eigenvalue weighted by molar-refractivity contribution is 0.0814. The van der Waals surface area contributed by atoms with Crippen LogP contribution in [-0.2, 0) is 13.0 Å². The highest BCUT2D eigenvalue weighted by Gasteiger charge is 2.32. The summed E-state index contributed by atoms with van der Waals surface area (Å²) >= 11 is 0. The number of rotatable bonds is 5. The maximum Gasteiger partial charge on any atom is 0.0307 e. The van der Waals surface area contributed by atoms with E-state index in [9.17, 15) is 0 Å². The molecule has 0 aliphatic carbocycles. The number of fused-ring (bicyclic) bond motifs is 1. The highest BCUT2D eigenvalue weighted by molar-refractivity contribution is 5.29. The molecule has 2 N–H and O–H groups in total. The lowest BCUT2D eigenvalue weighted by Crippen LogP contribution is -2.53. The van der Waals surface area contributed by atoms with Crippen molar-refractivity contribution in [2.45, 2.75) is 52.1 Å². The number of nitrogens with zero attached hydrogens (tertiary/aromatic N) is 1. The van der Waals surface area contributed by atoms with E-state index in [1.165, 1.54) is 24.0 Å². The molecule has 1 aromatic carbocycles. The Hall–Kier alpha value is -0.860. The predicted molar refractivity (Wildman–Crippen MR) is 82.1 cm³/mol. The SMILES string of the molecule is CC(C)CCC(C)(CN)N1CCc2ccccc2C1. The normalized spacial score (nSPS) is 19.2. The zero-order chi connectivity index (χ0) is 13.9. The van der Waals surface area contributed by atoms with E-state index < -0.39 is 0 Å². The molecule has 1 heterocycles. The third-order valence-electron chi connectivity index (χ3n) is 4.59. The van der Waals surface area contributed by atoms with Crippen LogP contribution in [0.5, 0.6) is 0 Å². The summed E-state index contributed by atoms with van der Waals surface area (Å²) in [5.41, 5.74) is 9.25. The van der Waals surface area contributed by atoms with E-state index >= 15 is 0 Å². The van der Waals surface area contributed by atoms with Gasteiger partial charge in [0, 0.05) is 25.2 Å². The first kappa shape index (κ1) is 14.5. The smallest absolute Gasteiger partial charge is 0.0307 e. The maximum absolute atomic E-state index is 6.10. The summed E-state index contributed by atoms with van der Waals surface area (Å²) < 4.78 is 0. The quantitative estimate of drug-likeness (QED) is 0.881. The molecule has 0 saturated heterocycles. The van der Waals surface area contributed by atoms with E-state index in [1.54, 1.807) is 0 Å². The molecule has 2 heteroatoms. The molecule has 0 amide bonds. The van der Waals surface area contributed by atoms with Gasteiger partial charge < -0.3 is 5.73 Å². The highest BCUT2D eigenvalue weighted by atomic mass is 15.2. The monoisotopic (exact) mass is 260 g/mol. The first-order chi connectivity index (χ1) is 9.05. The Morgan fingerprint density at radius 3 is 2.58 bits per heavy atom. The van der Waals surface area contributed by atoms with Crippen LogP contribution in [0.15, 0.2) is 24.3 Å². The summed E-state index contributed by atoms with van der Waals surface area (Å²) in [7, 11) is 0. The molecule has 0 bridgehead atoms. The summed E-state index contributed by atoms with van der Waals surface area (Å²) in [6.07, 6.45) is 3.61. The van der Waals surface area contributed by atoms with Gasteiger partial charge in [0.2, 0.25) is 0 Å². The Kier molecular flexibility index (Phi) is 4.64. The first-order valence-electron chi connectivity index (χ1n) is 7.57. The van der Waals surface area contributed by atoms with E-state index in [4.69, 9.17) is 5.73 Å². The average Bonchev–Trinajstić information content (AvgIpc) is 2.44. The third kappa shape index (κ3) is 3.37. The van der Waals surface area contributed by atoms with Crippen LogP contribution < -0.4 is 5.73 Å². The second-order valence-electron chi connectivity index (χ2n) is 6.57. The zero-order valence-electron chi connectivity index (χ0n) is 12.7. The van der Waals surface area contributed by atoms with Crippen LogP contribution in [0, 0.1) is 5.92 Å². The molecule has 0 aromatic heterocycles. The van der Waals surface area contributed by atoms with Crippen LogP contribution in [0.1, 0.15) is 44.7 Å². The number of hydrogen-bond acceptors (Lipinski definition) is 2. The molecule has 0 spiro atoms. The van der Waals surface area contributed by atoms with E-state index in [1.807, 2.05) is 0 Å². The fourth-order valence-electron chi connectivity index (χ4n) is 2.95. The Balaban J connectivity index is 2.09. The van der Waals surface area contributed by atoms with Crippen molar-refractivity contribution < 1.29 is 0 Å². The standard InChI is InChI=1S/C17H28N2/c1-14(2)8-10-17(3,13-18)19-11-9-15-6-4-5-7-16(15)12-19/h4-7,14H,8-13,18H2,1-3H3. The molecule has 1 unspecified atom stereocenters. The number of nitrogens with two attached hydrogens (primary N) is 1. The van der Waals surface area contributed by atoms with Gasteiger partial charge in [0.1, 0.15) is 0 Å². The zero-order valence-corrected chi connectivity index (χ0v) is 12.7. The van der Waals surface area contributed by atoms with Crippen molar-refractivity contribution in [1.29, 1.82) is 0 Å². The fraction of sp³-hybridized carbons (Fsp3) is 0.647. The van der Waals surface area contributed by atoms with E-state index in [0.29, 0.717) is 0 Å². The molecule has 1 aromatic rings. The lowest BCUT2D eigenvalue weighted by Gasteiger charge is -2.44. The molecule has 0 fully saturated rings. The van der Waals surface area contributed by atoms with Gasteiger partial charge in [0.25, 0.3) is 0 Å². The fourth-order valence-corrected chi connectivity index (χ4v) is 2.95. The average molecular weight is 260 g/mol. The van der Waals surface area contributed by atoms with Crippen molar-refractivity contribution in [3.05, 3.63) is 35.4 Å². The highest BCUT2D eigenvalue weighted by Crippen LogP contribution is 2.29. The summed E-state index contributed by atoms with van der Waals surface area (Å²) in [4.78, 5) is 2.59. The van der Waals surface area contributed by atoms with Crippen molar-refractivity contribution in [1.82, 2.24) is 4.90 Å². The Morgan fingerprint density at radius 1 is 1.26 bits per heavy atom. The van der Waals surface area contributed by atoms with Crippen molar-refractivity contribution in [2.75, 3.05) is 13.1 Å². The van der Waals surface area contributed by atoms with Gasteiger partial charge in [0.05, 0.1) is 0 Å². The Morgan fingerprint density at radius 2 is 1.95 bits per heavy atom. The summed E-state index contributed by atoms with van der Waals surface area (Å²) in [5, 5.41) is 0. The predicted octanol–water partition coefficient (Wildman–Crippen LogP) is 3.20. The molecule has 19 heavy (non-hydrogen) atoms.